The summed E-state index contributed by atoms with van der Waals surface area (Å²) in [4.78, 5) is 19.2. The third-order valence-electron chi connectivity index (χ3n) is 9.33. The van der Waals surface area contributed by atoms with E-state index in [4.69, 9.17) is 5.73 Å². The Morgan fingerprint density at radius 3 is 2.39 bits per heavy atom. The molecule has 1 aromatic rings. The number of piperidine rings is 3. The third-order valence-corrected chi connectivity index (χ3v) is 9.33. The van der Waals surface area contributed by atoms with Gasteiger partial charge < -0.3 is 10.6 Å². The first-order valence-corrected chi connectivity index (χ1v) is 12.6. The zero-order chi connectivity index (χ0) is 21.9. The quantitative estimate of drug-likeness (QED) is 0.767. The molecule has 3 saturated heterocycles. The molecule has 31 heavy (non-hydrogen) atoms. The van der Waals surface area contributed by atoms with Crippen LogP contribution >= 0.6 is 0 Å². The van der Waals surface area contributed by atoms with E-state index in [-0.39, 0.29) is 22.3 Å². The summed E-state index contributed by atoms with van der Waals surface area (Å²) in [7, 11) is 0. The fourth-order valence-electron chi connectivity index (χ4n) is 7.79. The molecule has 6 rings (SSSR count). The molecule has 1 aromatic carbocycles. The molecule has 4 bridgehead atoms. The maximum absolute atomic E-state index is 14.2. The smallest absolute Gasteiger partial charge is 0.228 e. The molecule has 5 fully saturated rings. The second kappa shape index (κ2) is 7.59. The van der Waals surface area contributed by atoms with Crippen molar-refractivity contribution in [2.24, 2.45) is 16.6 Å². The fourth-order valence-corrected chi connectivity index (χ4v) is 7.79. The van der Waals surface area contributed by atoms with Crippen LogP contribution < -0.4 is 5.73 Å². The van der Waals surface area contributed by atoms with Gasteiger partial charge in [0.1, 0.15) is 0 Å². The molecular formula is C27H41N3O. The number of carbonyl (C=O) groups is 1. The van der Waals surface area contributed by atoms with Gasteiger partial charge in [-0.15, -0.1) is 0 Å². The van der Waals surface area contributed by atoms with Gasteiger partial charge in [-0.2, -0.15) is 0 Å². The van der Waals surface area contributed by atoms with Crippen LogP contribution in [0.15, 0.2) is 30.3 Å². The van der Waals surface area contributed by atoms with E-state index in [0.29, 0.717) is 18.0 Å². The van der Waals surface area contributed by atoms with E-state index in [2.05, 4.69) is 60.9 Å². The number of nitrogens with two attached hydrogens (primary N) is 1. The Morgan fingerprint density at radius 2 is 1.77 bits per heavy atom. The van der Waals surface area contributed by atoms with Gasteiger partial charge in [0.05, 0.1) is 5.41 Å². The minimum absolute atomic E-state index is 0.000479. The maximum atomic E-state index is 14.2. The molecule has 2 saturated carbocycles. The molecule has 3 aliphatic heterocycles. The first-order valence-electron chi connectivity index (χ1n) is 12.6. The summed E-state index contributed by atoms with van der Waals surface area (Å²) < 4.78 is 0. The van der Waals surface area contributed by atoms with Gasteiger partial charge in [0.15, 0.2) is 0 Å². The van der Waals surface area contributed by atoms with Crippen molar-refractivity contribution in [3.05, 3.63) is 35.9 Å². The molecule has 0 spiro atoms. The van der Waals surface area contributed by atoms with Crippen molar-refractivity contribution >= 4 is 5.91 Å². The standard InChI is InChI=1S/C27H41N3O/c1-4-5-12-30-21-14-26(20-9-7-6-8-10-20)15-22(30)17-27(16-21,18-26)24(31)29-13-11-23(28)25(2,3)19-29/h6-10,21-23H,4-5,11-19,28H2,1-3H3/t21?,22?,23-,26?,27?/m0/s1. The van der Waals surface area contributed by atoms with Gasteiger partial charge >= 0.3 is 0 Å². The molecular weight excluding hydrogens is 382 g/mol. The molecule has 3 atom stereocenters. The minimum atomic E-state index is -0.179. The van der Waals surface area contributed by atoms with Gasteiger partial charge in [-0.25, -0.2) is 0 Å². The van der Waals surface area contributed by atoms with E-state index >= 15 is 0 Å². The highest BCUT2D eigenvalue weighted by atomic mass is 16.2. The summed E-state index contributed by atoms with van der Waals surface area (Å²) in [6, 6.07) is 12.4. The Bertz CT molecular complexity index is 803. The van der Waals surface area contributed by atoms with Crippen LogP contribution in [-0.2, 0) is 10.2 Å². The van der Waals surface area contributed by atoms with Crippen molar-refractivity contribution < 1.29 is 4.79 Å². The van der Waals surface area contributed by atoms with Crippen LogP contribution in [0.1, 0.15) is 77.7 Å². The topological polar surface area (TPSA) is 49.6 Å². The van der Waals surface area contributed by atoms with Gasteiger partial charge in [-0.1, -0.05) is 57.5 Å². The number of hydrogen-bond acceptors (Lipinski definition) is 3. The van der Waals surface area contributed by atoms with E-state index < -0.39 is 0 Å². The number of carbonyl (C=O) groups excluding carboxylic acids is 1. The monoisotopic (exact) mass is 423 g/mol. The Hall–Kier alpha value is -1.39. The van der Waals surface area contributed by atoms with E-state index in [1.165, 1.54) is 37.8 Å². The molecule has 2 aliphatic carbocycles. The van der Waals surface area contributed by atoms with Gasteiger partial charge in [0, 0.05) is 31.2 Å². The summed E-state index contributed by atoms with van der Waals surface area (Å²) >= 11 is 0. The molecule has 2 unspecified atom stereocenters. The Labute approximate surface area is 188 Å². The Balaban J connectivity index is 1.47. The second-order valence-electron chi connectivity index (χ2n) is 11.9. The lowest BCUT2D eigenvalue weighted by Crippen LogP contribution is -2.70. The minimum Gasteiger partial charge on any atom is -0.342 e. The predicted molar refractivity (Wildman–Crippen MR) is 126 cm³/mol. The van der Waals surface area contributed by atoms with Crippen LogP contribution in [0.3, 0.4) is 0 Å². The average Bonchev–Trinajstić information content (AvgIpc) is 2.75. The first kappa shape index (κ1) is 21.5. The van der Waals surface area contributed by atoms with Gasteiger partial charge in [-0.3, -0.25) is 9.69 Å². The number of hydrogen-bond donors (Lipinski definition) is 1. The van der Waals surface area contributed by atoms with Crippen LogP contribution in [0.25, 0.3) is 0 Å². The van der Waals surface area contributed by atoms with Crippen molar-refractivity contribution in [1.29, 1.82) is 0 Å². The highest BCUT2D eigenvalue weighted by Gasteiger charge is 2.64. The Kier molecular flexibility index (Phi) is 5.25. The van der Waals surface area contributed by atoms with E-state index in [1.807, 2.05) is 0 Å². The average molecular weight is 424 g/mol. The number of amides is 1. The van der Waals surface area contributed by atoms with Crippen LogP contribution in [-0.4, -0.2) is 53.5 Å². The van der Waals surface area contributed by atoms with Crippen LogP contribution in [0, 0.1) is 10.8 Å². The van der Waals surface area contributed by atoms with Crippen molar-refractivity contribution in [2.45, 2.75) is 95.7 Å². The molecule has 4 heteroatoms. The summed E-state index contributed by atoms with van der Waals surface area (Å²) in [6.45, 7) is 9.59. The number of nitrogens with zero attached hydrogens (tertiary/aromatic N) is 2. The molecule has 0 radical (unpaired) electrons. The van der Waals surface area contributed by atoms with Gasteiger partial charge in [0.25, 0.3) is 0 Å². The molecule has 2 N–H and O–H groups in total. The van der Waals surface area contributed by atoms with Crippen LogP contribution in [0.5, 0.6) is 0 Å². The van der Waals surface area contributed by atoms with Crippen molar-refractivity contribution in [3.8, 4) is 0 Å². The largest absolute Gasteiger partial charge is 0.342 e. The normalized spacial score (nSPS) is 39.1. The van der Waals surface area contributed by atoms with Crippen molar-refractivity contribution in [3.63, 3.8) is 0 Å². The predicted octanol–water partition coefficient (Wildman–Crippen LogP) is 4.33. The lowest BCUT2D eigenvalue weighted by molar-refractivity contribution is -0.172. The van der Waals surface area contributed by atoms with E-state index in [0.717, 1.165) is 38.8 Å². The lowest BCUT2D eigenvalue weighted by Gasteiger charge is -2.66. The summed E-state index contributed by atoms with van der Waals surface area (Å²) in [5.41, 5.74) is 7.86. The molecule has 4 nitrogen and oxygen atoms in total. The molecule has 1 amide bonds. The molecule has 0 aromatic heterocycles. The SMILES string of the molecule is CCCCN1C2CC3(C(=O)N4CC[C@H](N)C(C)(C)C4)CC1CC(c1ccccc1)(C2)C3. The third kappa shape index (κ3) is 3.45. The van der Waals surface area contributed by atoms with Gasteiger partial charge in [-0.05, 0) is 67.9 Å². The molecule has 170 valence electrons. The fraction of sp³-hybridized carbons (Fsp3) is 0.741. The van der Waals surface area contributed by atoms with Crippen molar-refractivity contribution in [1.82, 2.24) is 9.80 Å². The number of rotatable bonds is 5. The van der Waals surface area contributed by atoms with Crippen LogP contribution in [0.2, 0.25) is 0 Å². The molecule has 5 aliphatic rings. The highest BCUT2D eigenvalue weighted by Crippen LogP contribution is 2.63. The number of likely N-dealkylation sites (tertiary alicyclic amines) is 1. The van der Waals surface area contributed by atoms with E-state index in [1.54, 1.807) is 0 Å². The second-order valence-corrected chi connectivity index (χ2v) is 11.9. The molecule has 3 heterocycles. The summed E-state index contributed by atoms with van der Waals surface area (Å²) in [5, 5.41) is 0. The highest BCUT2D eigenvalue weighted by molar-refractivity contribution is 5.84. The first-order chi connectivity index (χ1) is 14.8. The number of unbranched alkanes of at least 4 members (excludes halogenated alkanes) is 1. The lowest BCUT2D eigenvalue weighted by atomic mass is 9.47. The zero-order valence-electron chi connectivity index (χ0n) is 19.8. The maximum Gasteiger partial charge on any atom is 0.228 e. The number of benzene rings is 1. The summed E-state index contributed by atoms with van der Waals surface area (Å²) in [5.74, 6) is 0.442. The van der Waals surface area contributed by atoms with Crippen LogP contribution in [0.4, 0.5) is 0 Å². The summed E-state index contributed by atoms with van der Waals surface area (Å²) in [6.07, 6.45) is 9.05. The zero-order valence-corrected chi connectivity index (χ0v) is 19.8. The van der Waals surface area contributed by atoms with E-state index in [9.17, 15) is 4.79 Å². The Morgan fingerprint density at radius 1 is 1.10 bits per heavy atom. The van der Waals surface area contributed by atoms with Gasteiger partial charge in [0.2, 0.25) is 5.91 Å². The van der Waals surface area contributed by atoms with Crippen molar-refractivity contribution in [2.75, 3.05) is 19.6 Å².